The highest BCUT2D eigenvalue weighted by molar-refractivity contribution is 6.33. The van der Waals surface area contributed by atoms with Gasteiger partial charge in [0.15, 0.2) is 0 Å². The highest BCUT2D eigenvalue weighted by atomic mass is 35.5. The monoisotopic (exact) mass is 387 g/mol. The summed E-state index contributed by atoms with van der Waals surface area (Å²) in [4.78, 5) is 19.0. The lowest BCUT2D eigenvalue weighted by atomic mass is 10.1. The number of rotatable bonds is 4. The molecule has 0 aliphatic heterocycles. The van der Waals surface area contributed by atoms with Gasteiger partial charge in [-0.15, -0.1) is 0 Å². The van der Waals surface area contributed by atoms with Crippen LogP contribution in [0.3, 0.4) is 0 Å². The SMILES string of the molecule is CC(C)(N)C(N)=O.COc1ccc(Cl)c(Nc2cnc3ccccc3n2)c1. The number of fused-ring (bicyclic) bond motifs is 1. The zero-order valence-electron chi connectivity index (χ0n) is 15.4. The van der Waals surface area contributed by atoms with Crippen LogP contribution < -0.4 is 21.5 Å². The molecule has 3 rings (SSSR count). The predicted octanol–water partition coefficient (Wildman–Crippen LogP) is 3.24. The third kappa shape index (κ3) is 5.80. The average Bonchev–Trinajstić information content (AvgIpc) is 2.63. The van der Waals surface area contributed by atoms with Gasteiger partial charge >= 0.3 is 0 Å². The number of primary amides is 1. The van der Waals surface area contributed by atoms with Crippen LogP contribution >= 0.6 is 11.6 Å². The summed E-state index contributed by atoms with van der Waals surface area (Å²) in [7, 11) is 1.61. The Balaban J connectivity index is 0.000000321. The van der Waals surface area contributed by atoms with Gasteiger partial charge in [-0.25, -0.2) is 4.98 Å². The minimum atomic E-state index is -0.861. The predicted molar refractivity (Wildman–Crippen MR) is 108 cm³/mol. The molecule has 0 saturated heterocycles. The molecule has 0 radical (unpaired) electrons. The van der Waals surface area contributed by atoms with Gasteiger partial charge in [-0.1, -0.05) is 23.7 Å². The van der Waals surface area contributed by atoms with Gasteiger partial charge in [0, 0.05) is 6.07 Å². The molecule has 1 heterocycles. The number of hydrogen-bond donors (Lipinski definition) is 3. The number of nitrogens with two attached hydrogens (primary N) is 2. The number of ether oxygens (including phenoxy) is 1. The van der Waals surface area contributed by atoms with Gasteiger partial charge in [-0.3, -0.25) is 9.78 Å². The number of hydrogen-bond acceptors (Lipinski definition) is 6. The van der Waals surface area contributed by atoms with E-state index in [-0.39, 0.29) is 0 Å². The summed E-state index contributed by atoms with van der Waals surface area (Å²) in [6, 6.07) is 13.1. The van der Waals surface area contributed by atoms with Crippen molar-refractivity contribution in [3.05, 3.63) is 53.7 Å². The van der Waals surface area contributed by atoms with E-state index < -0.39 is 11.4 Å². The van der Waals surface area contributed by atoms with Crippen molar-refractivity contribution in [1.29, 1.82) is 0 Å². The zero-order chi connectivity index (χ0) is 20.0. The third-order valence-electron chi connectivity index (χ3n) is 3.52. The van der Waals surface area contributed by atoms with Crippen molar-refractivity contribution in [2.24, 2.45) is 11.5 Å². The quantitative estimate of drug-likeness (QED) is 0.632. The topological polar surface area (TPSA) is 116 Å². The minimum absolute atomic E-state index is 0.479. The van der Waals surface area contributed by atoms with E-state index in [0.717, 1.165) is 22.5 Å². The second kappa shape index (κ2) is 8.66. The summed E-state index contributed by atoms with van der Waals surface area (Å²) in [6.45, 7) is 3.13. The van der Waals surface area contributed by atoms with Crippen LogP contribution in [0.15, 0.2) is 48.7 Å². The van der Waals surface area contributed by atoms with Gasteiger partial charge in [0.2, 0.25) is 5.91 Å². The number of nitrogens with one attached hydrogen (secondary N) is 1. The van der Waals surface area contributed by atoms with E-state index in [1.165, 1.54) is 0 Å². The highest BCUT2D eigenvalue weighted by Gasteiger charge is 2.16. The Morgan fingerprint density at radius 3 is 2.41 bits per heavy atom. The molecule has 2 aromatic carbocycles. The molecule has 7 nitrogen and oxygen atoms in total. The normalized spacial score (nSPS) is 10.7. The van der Waals surface area contributed by atoms with E-state index >= 15 is 0 Å². The molecule has 142 valence electrons. The molecule has 3 aromatic rings. The van der Waals surface area contributed by atoms with Crippen molar-refractivity contribution in [3.8, 4) is 5.75 Å². The fraction of sp³-hybridized carbons (Fsp3) is 0.211. The second-order valence-corrected chi connectivity index (χ2v) is 6.71. The van der Waals surface area contributed by atoms with Crippen LogP contribution in [0.2, 0.25) is 5.02 Å². The Morgan fingerprint density at radius 2 is 1.81 bits per heavy atom. The number of anilines is 2. The number of nitrogens with zero attached hydrogens (tertiary/aromatic N) is 2. The van der Waals surface area contributed by atoms with Crippen LogP contribution in [0, 0.1) is 0 Å². The minimum Gasteiger partial charge on any atom is -0.497 e. The van der Waals surface area contributed by atoms with Crippen molar-refractivity contribution in [3.63, 3.8) is 0 Å². The molecule has 0 atom stereocenters. The molecule has 0 bridgehead atoms. The van der Waals surface area contributed by atoms with Crippen molar-refractivity contribution < 1.29 is 9.53 Å². The first-order valence-corrected chi connectivity index (χ1v) is 8.49. The molecule has 0 unspecified atom stereocenters. The first-order chi connectivity index (χ1) is 12.7. The van der Waals surface area contributed by atoms with Gasteiger partial charge in [0.25, 0.3) is 0 Å². The smallest absolute Gasteiger partial charge is 0.236 e. The molecule has 0 saturated carbocycles. The van der Waals surface area contributed by atoms with E-state index in [1.807, 2.05) is 30.3 Å². The zero-order valence-corrected chi connectivity index (χ0v) is 16.1. The Labute approximate surface area is 162 Å². The van der Waals surface area contributed by atoms with Crippen LogP contribution in [-0.4, -0.2) is 28.5 Å². The summed E-state index contributed by atoms with van der Waals surface area (Å²) in [5, 5.41) is 3.75. The van der Waals surface area contributed by atoms with E-state index in [2.05, 4.69) is 15.3 Å². The maximum absolute atomic E-state index is 10.1. The van der Waals surface area contributed by atoms with Crippen LogP contribution in [0.5, 0.6) is 5.75 Å². The number of carbonyl (C=O) groups excluding carboxylic acids is 1. The van der Waals surface area contributed by atoms with Gasteiger partial charge in [0.1, 0.15) is 11.6 Å². The van der Waals surface area contributed by atoms with E-state index in [4.69, 9.17) is 27.8 Å². The number of carbonyl (C=O) groups is 1. The molecule has 8 heteroatoms. The summed E-state index contributed by atoms with van der Waals surface area (Å²) in [5.74, 6) is 0.886. The molecule has 5 N–H and O–H groups in total. The van der Waals surface area contributed by atoms with Crippen LogP contribution in [0.1, 0.15) is 13.8 Å². The number of amides is 1. The summed E-state index contributed by atoms with van der Waals surface area (Å²) in [6.07, 6.45) is 1.68. The first-order valence-electron chi connectivity index (χ1n) is 8.12. The lowest BCUT2D eigenvalue weighted by Gasteiger charge is -2.10. The van der Waals surface area contributed by atoms with Gasteiger partial charge in [-0.05, 0) is 38.1 Å². The van der Waals surface area contributed by atoms with Crippen molar-refractivity contribution in [2.75, 3.05) is 12.4 Å². The van der Waals surface area contributed by atoms with Gasteiger partial charge in [0.05, 0.1) is 40.6 Å². The van der Waals surface area contributed by atoms with E-state index in [1.54, 1.807) is 39.3 Å². The summed E-state index contributed by atoms with van der Waals surface area (Å²) < 4.78 is 5.18. The third-order valence-corrected chi connectivity index (χ3v) is 3.85. The van der Waals surface area contributed by atoms with Gasteiger partial charge < -0.3 is 21.5 Å². The van der Waals surface area contributed by atoms with E-state index in [0.29, 0.717) is 10.8 Å². The fourth-order valence-corrected chi connectivity index (χ4v) is 2.05. The summed E-state index contributed by atoms with van der Waals surface area (Å²) in [5.41, 5.74) is 11.6. The van der Waals surface area contributed by atoms with Crippen LogP contribution in [0.25, 0.3) is 11.0 Å². The standard InChI is InChI=1S/C15H12ClN3O.C4H10N2O/c1-20-10-6-7-11(16)14(8-10)19-15-9-17-12-4-2-3-5-13(12)18-15;1-4(2,6)3(5)7/h2-9H,1H3,(H,18,19);6H2,1-2H3,(H2,5,7). The van der Waals surface area contributed by atoms with Gasteiger partial charge in [-0.2, -0.15) is 0 Å². The molecular formula is C19H22ClN5O2. The molecule has 0 fully saturated rings. The number of halogens is 1. The Bertz CT molecular complexity index is 941. The highest BCUT2D eigenvalue weighted by Crippen LogP contribution is 2.29. The second-order valence-electron chi connectivity index (χ2n) is 6.30. The maximum atomic E-state index is 10.1. The molecule has 1 amide bonds. The number of benzene rings is 2. The molecular weight excluding hydrogens is 366 g/mol. The summed E-state index contributed by atoms with van der Waals surface area (Å²) >= 11 is 6.16. The Hall–Kier alpha value is -2.90. The lowest BCUT2D eigenvalue weighted by molar-refractivity contribution is -0.121. The molecule has 1 aromatic heterocycles. The maximum Gasteiger partial charge on any atom is 0.236 e. The Kier molecular flexibility index (Phi) is 6.55. The van der Waals surface area contributed by atoms with Crippen LogP contribution in [0.4, 0.5) is 11.5 Å². The number of para-hydroxylation sites is 2. The average molecular weight is 388 g/mol. The molecule has 0 aliphatic rings. The largest absolute Gasteiger partial charge is 0.497 e. The van der Waals surface area contributed by atoms with E-state index in [9.17, 15) is 4.79 Å². The van der Waals surface area contributed by atoms with Crippen LogP contribution in [-0.2, 0) is 4.79 Å². The first kappa shape index (κ1) is 20.4. The van der Waals surface area contributed by atoms with Crippen molar-refractivity contribution in [1.82, 2.24) is 9.97 Å². The molecule has 27 heavy (non-hydrogen) atoms. The fourth-order valence-electron chi connectivity index (χ4n) is 1.88. The molecule has 0 spiro atoms. The number of aromatic nitrogens is 2. The van der Waals surface area contributed by atoms with Crippen molar-refractivity contribution >= 4 is 40.0 Å². The number of methoxy groups -OCH3 is 1. The lowest BCUT2D eigenvalue weighted by Crippen LogP contribution is -2.46. The Morgan fingerprint density at radius 1 is 1.19 bits per heavy atom. The molecule has 0 aliphatic carbocycles. The van der Waals surface area contributed by atoms with Crippen molar-refractivity contribution in [2.45, 2.75) is 19.4 Å².